The van der Waals surface area contributed by atoms with Crippen LogP contribution < -0.4 is 28.4 Å². The Labute approximate surface area is 203 Å². The summed E-state index contributed by atoms with van der Waals surface area (Å²) in [6.07, 6.45) is 0. The van der Waals surface area contributed by atoms with Gasteiger partial charge in [0.25, 0.3) is 0 Å². The SMILES string of the molecule is COc1cc(OC)c(C(=O)C(Br)C(Br)c2cc(OC)c(OC)c(OC)c2)c(OC(C)=O)c1. The molecule has 0 spiro atoms. The highest BCUT2D eigenvalue weighted by Gasteiger charge is 2.33. The summed E-state index contributed by atoms with van der Waals surface area (Å²) in [5, 5.41) is 0. The van der Waals surface area contributed by atoms with Crippen LogP contribution >= 0.6 is 31.9 Å². The fourth-order valence-corrected chi connectivity index (χ4v) is 4.06. The van der Waals surface area contributed by atoms with Crippen molar-refractivity contribution in [1.82, 2.24) is 0 Å². The minimum atomic E-state index is -0.776. The fourth-order valence-electron chi connectivity index (χ4n) is 3.02. The topological polar surface area (TPSA) is 89.5 Å². The third-order valence-electron chi connectivity index (χ3n) is 4.51. The number of alkyl halides is 2. The molecule has 32 heavy (non-hydrogen) atoms. The average Bonchev–Trinajstić information content (AvgIpc) is 2.80. The summed E-state index contributed by atoms with van der Waals surface area (Å²) >= 11 is 7.05. The van der Waals surface area contributed by atoms with Crippen LogP contribution in [0.3, 0.4) is 0 Å². The molecule has 2 unspecified atom stereocenters. The number of hydrogen-bond acceptors (Lipinski definition) is 8. The molecule has 2 atom stereocenters. The summed E-state index contributed by atoms with van der Waals surface area (Å²) in [4.78, 5) is 23.8. The molecule has 0 aromatic heterocycles. The fraction of sp³-hybridized carbons (Fsp3) is 0.364. The number of rotatable bonds is 10. The quantitative estimate of drug-likeness (QED) is 0.174. The third kappa shape index (κ3) is 5.47. The van der Waals surface area contributed by atoms with E-state index in [0.29, 0.717) is 28.6 Å². The lowest BCUT2D eigenvalue weighted by Crippen LogP contribution is -2.21. The van der Waals surface area contributed by atoms with Crippen molar-refractivity contribution >= 4 is 43.6 Å². The molecule has 0 radical (unpaired) electrons. The Balaban J connectivity index is 2.53. The second-order valence-corrected chi connectivity index (χ2v) is 8.40. The van der Waals surface area contributed by atoms with Crippen molar-refractivity contribution < 1.29 is 38.0 Å². The highest BCUT2D eigenvalue weighted by Crippen LogP contribution is 2.45. The maximum absolute atomic E-state index is 13.5. The van der Waals surface area contributed by atoms with E-state index in [9.17, 15) is 9.59 Å². The Morgan fingerprint density at radius 3 is 1.72 bits per heavy atom. The molecule has 10 heteroatoms. The predicted octanol–water partition coefficient (Wildman–Crippen LogP) is 4.74. The van der Waals surface area contributed by atoms with Gasteiger partial charge in [0.1, 0.15) is 22.8 Å². The highest BCUT2D eigenvalue weighted by atomic mass is 79.9. The van der Waals surface area contributed by atoms with Crippen molar-refractivity contribution in [3.05, 3.63) is 35.4 Å². The summed E-state index contributed by atoms with van der Waals surface area (Å²) in [6, 6.07) is 6.48. The van der Waals surface area contributed by atoms with Gasteiger partial charge in [-0.25, -0.2) is 0 Å². The largest absolute Gasteiger partial charge is 0.496 e. The Morgan fingerprint density at radius 1 is 0.750 bits per heavy atom. The van der Waals surface area contributed by atoms with E-state index in [4.69, 9.17) is 28.4 Å². The van der Waals surface area contributed by atoms with Crippen LogP contribution in [0.25, 0.3) is 0 Å². The molecular formula is C22H24Br2O8. The molecule has 0 aliphatic carbocycles. The molecule has 0 heterocycles. The lowest BCUT2D eigenvalue weighted by atomic mass is 10.00. The molecule has 2 rings (SSSR count). The van der Waals surface area contributed by atoms with Gasteiger partial charge in [0, 0.05) is 19.1 Å². The van der Waals surface area contributed by atoms with Crippen LogP contribution in [0.5, 0.6) is 34.5 Å². The molecule has 0 bridgehead atoms. The van der Waals surface area contributed by atoms with Gasteiger partial charge in [-0.15, -0.1) is 0 Å². The van der Waals surface area contributed by atoms with E-state index in [2.05, 4.69) is 31.9 Å². The standard InChI is InChI=1S/C22H24Br2O8/c1-11(25)32-15-10-13(27-2)9-14(28-3)18(15)21(26)20(24)19(23)12-7-16(29-4)22(31-6)17(8-12)30-5/h7-10,19-20H,1-6H3. The molecule has 0 aliphatic heterocycles. The van der Waals surface area contributed by atoms with E-state index in [-0.39, 0.29) is 22.8 Å². The number of ether oxygens (including phenoxy) is 6. The lowest BCUT2D eigenvalue weighted by Gasteiger charge is -2.21. The van der Waals surface area contributed by atoms with Crippen molar-refractivity contribution in [3.8, 4) is 34.5 Å². The number of benzene rings is 2. The zero-order chi connectivity index (χ0) is 24.0. The first-order chi connectivity index (χ1) is 15.2. The number of carbonyl (C=O) groups is 2. The molecule has 2 aromatic carbocycles. The van der Waals surface area contributed by atoms with Crippen molar-refractivity contribution in [3.63, 3.8) is 0 Å². The van der Waals surface area contributed by atoms with Crippen LogP contribution in [0.15, 0.2) is 24.3 Å². The minimum absolute atomic E-state index is 0.0349. The number of carbonyl (C=O) groups excluding carboxylic acids is 2. The summed E-state index contributed by atoms with van der Waals surface area (Å²) in [5.74, 6) is 0.983. The second-order valence-electron chi connectivity index (χ2n) is 6.42. The Hall–Kier alpha value is -2.46. The lowest BCUT2D eigenvalue weighted by molar-refractivity contribution is -0.131. The Bertz CT molecular complexity index is 967. The molecule has 174 valence electrons. The highest BCUT2D eigenvalue weighted by molar-refractivity contribution is 9.12. The van der Waals surface area contributed by atoms with Crippen LogP contribution in [-0.2, 0) is 4.79 Å². The van der Waals surface area contributed by atoms with E-state index in [1.165, 1.54) is 48.5 Å². The minimum Gasteiger partial charge on any atom is -0.496 e. The van der Waals surface area contributed by atoms with Crippen molar-refractivity contribution in [2.24, 2.45) is 0 Å². The summed E-state index contributed by atoms with van der Waals surface area (Å²) < 4.78 is 32.0. The van der Waals surface area contributed by atoms with Crippen molar-refractivity contribution in [2.75, 3.05) is 35.5 Å². The van der Waals surface area contributed by atoms with E-state index in [1.54, 1.807) is 18.2 Å². The molecule has 2 aromatic rings. The van der Waals surface area contributed by atoms with Crippen LogP contribution in [0, 0.1) is 0 Å². The van der Waals surface area contributed by atoms with Gasteiger partial charge in [0.05, 0.1) is 45.2 Å². The zero-order valence-corrected chi connectivity index (χ0v) is 21.7. The number of esters is 1. The van der Waals surface area contributed by atoms with Crippen LogP contribution in [0.2, 0.25) is 0 Å². The van der Waals surface area contributed by atoms with E-state index in [1.807, 2.05) is 0 Å². The number of methoxy groups -OCH3 is 5. The molecule has 0 N–H and O–H groups in total. The summed E-state index contributed by atoms with van der Waals surface area (Å²) in [7, 11) is 7.40. The number of hydrogen-bond donors (Lipinski definition) is 0. The molecule has 0 saturated carbocycles. The van der Waals surface area contributed by atoms with Crippen LogP contribution in [0.1, 0.15) is 27.7 Å². The normalized spacial score (nSPS) is 12.4. The van der Waals surface area contributed by atoms with Crippen LogP contribution in [0.4, 0.5) is 0 Å². The van der Waals surface area contributed by atoms with Gasteiger partial charge in [-0.05, 0) is 17.7 Å². The number of ketones is 1. The maximum atomic E-state index is 13.5. The van der Waals surface area contributed by atoms with Gasteiger partial charge in [-0.3, -0.25) is 9.59 Å². The van der Waals surface area contributed by atoms with Crippen molar-refractivity contribution in [2.45, 2.75) is 16.6 Å². The number of Topliss-reactive ketones (excluding diaryl/α,β-unsaturated/α-hetero) is 1. The van der Waals surface area contributed by atoms with Gasteiger partial charge in [-0.1, -0.05) is 31.9 Å². The average molecular weight is 576 g/mol. The Morgan fingerprint density at radius 2 is 1.28 bits per heavy atom. The molecule has 0 fully saturated rings. The van der Waals surface area contributed by atoms with E-state index < -0.39 is 15.6 Å². The van der Waals surface area contributed by atoms with Gasteiger partial charge in [-0.2, -0.15) is 0 Å². The monoisotopic (exact) mass is 574 g/mol. The molecule has 0 amide bonds. The van der Waals surface area contributed by atoms with Gasteiger partial charge in [0.15, 0.2) is 17.3 Å². The van der Waals surface area contributed by atoms with Gasteiger partial charge >= 0.3 is 5.97 Å². The van der Waals surface area contributed by atoms with Gasteiger partial charge < -0.3 is 28.4 Å². The third-order valence-corrected chi connectivity index (χ3v) is 7.22. The maximum Gasteiger partial charge on any atom is 0.308 e. The summed E-state index contributed by atoms with van der Waals surface area (Å²) in [5.41, 5.74) is 0.790. The van der Waals surface area contributed by atoms with Crippen molar-refractivity contribution in [1.29, 1.82) is 0 Å². The second kappa shape index (κ2) is 11.4. The smallest absolute Gasteiger partial charge is 0.308 e. The molecule has 8 nitrogen and oxygen atoms in total. The first-order valence-corrected chi connectivity index (χ1v) is 11.1. The molecular weight excluding hydrogens is 552 g/mol. The first kappa shape index (κ1) is 25.8. The summed E-state index contributed by atoms with van der Waals surface area (Å²) in [6.45, 7) is 1.25. The van der Waals surface area contributed by atoms with Crippen LogP contribution in [-0.4, -0.2) is 52.1 Å². The molecule has 0 saturated heterocycles. The van der Waals surface area contributed by atoms with Gasteiger partial charge in [0.2, 0.25) is 5.75 Å². The number of halogens is 2. The van der Waals surface area contributed by atoms with E-state index in [0.717, 1.165) is 0 Å². The Kier molecular flexibility index (Phi) is 9.21. The van der Waals surface area contributed by atoms with E-state index >= 15 is 0 Å². The first-order valence-electron chi connectivity index (χ1n) is 9.28. The predicted molar refractivity (Wildman–Crippen MR) is 126 cm³/mol. The molecule has 0 aliphatic rings. The zero-order valence-electron chi connectivity index (χ0n) is 18.5.